The molecule has 0 aromatic heterocycles. The lowest BCUT2D eigenvalue weighted by molar-refractivity contribution is -0.384. The van der Waals surface area contributed by atoms with E-state index in [2.05, 4.69) is 5.32 Å². The molecule has 0 fully saturated rings. The molecule has 0 heterocycles. The number of halogens is 1. The summed E-state index contributed by atoms with van der Waals surface area (Å²) in [7, 11) is 0. The Kier molecular flexibility index (Phi) is 6.90. The number of nitro groups is 1. The number of esters is 1. The van der Waals surface area contributed by atoms with Crippen LogP contribution in [0.4, 0.5) is 5.69 Å². The van der Waals surface area contributed by atoms with E-state index in [1.807, 2.05) is 0 Å². The van der Waals surface area contributed by atoms with Crippen molar-refractivity contribution in [2.45, 2.75) is 26.5 Å². The normalized spacial score (nSPS) is 11.7. The number of non-ortho nitro benzene ring substituents is 1. The molecule has 0 bridgehead atoms. The predicted octanol–water partition coefficient (Wildman–Crippen LogP) is 3.75. The van der Waals surface area contributed by atoms with Crippen LogP contribution in [0.25, 0.3) is 0 Å². The highest BCUT2D eigenvalue weighted by molar-refractivity contribution is 6.30. The molecule has 0 spiro atoms. The molecule has 0 radical (unpaired) electrons. The van der Waals surface area contributed by atoms with Gasteiger partial charge in [0, 0.05) is 22.7 Å². The summed E-state index contributed by atoms with van der Waals surface area (Å²) in [5, 5.41) is 14.0. The average Bonchev–Trinajstić information content (AvgIpc) is 2.64. The Morgan fingerprint density at radius 1 is 1.19 bits per heavy atom. The van der Waals surface area contributed by atoms with Gasteiger partial charge in [-0.1, -0.05) is 37.6 Å². The largest absolute Gasteiger partial charge is 0.459 e. The fraction of sp³-hybridized carbons (Fsp3) is 0.263. The number of carbonyl (C=O) groups excluding carboxylic acids is 2. The SMILES string of the molecule is CC(C)C(NC(=O)c1ccc(Cl)cc1)C(=O)OCc1cccc([N+](=O)[O-])c1. The molecule has 1 amide bonds. The van der Waals surface area contributed by atoms with Crippen molar-refractivity contribution >= 4 is 29.2 Å². The quantitative estimate of drug-likeness (QED) is 0.441. The van der Waals surface area contributed by atoms with Crippen molar-refractivity contribution in [1.82, 2.24) is 5.32 Å². The van der Waals surface area contributed by atoms with E-state index in [-0.39, 0.29) is 18.2 Å². The molecule has 0 saturated carbocycles. The van der Waals surface area contributed by atoms with E-state index >= 15 is 0 Å². The van der Waals surface area contributed by atoms with Gasteiger partial charge < -0.3 is 10.1 Å². The zero-order chi connectivity index (χ0) is 20.0. The Hall–Kier alpha value is -2.93. The van der Waals surface area contributed by atoms with E-state index in [0.717, 1.165) is 0 Å². The van der Waals surface area contributed by atoms with Crippen LogP contribution in [0.2, 0.25) is 5.02 Å². The molecule has 2 aromatic rings. The van der Waals surface area contributed by atoms with Crippen molar-refractivity contribution in [1.29, 1.82) is 0 Å². The molecule has 0 aliphatic heterocycles. The number of nitrogens with zero attached hydrogens (tertiary/aromatic N) is 1. The third-order valence-corrected chi connectivity index (χ3v) is 4.07. The number of nitro benzene ring substituents is 1. The maximum atomic E-state index is 12.4. The van der Waals surface area contributed by atoms with Crippen molar-refractivity contribution in [2.24, 2.45) is 5.92 Å². The summed E-state index contributed by atoms with van der Waals surface area (Å²) in [5.74, 6) is -1.24. The number of benzene rings is 2. The summed E-state index contributed by atoms with van der Waals surface area (Å²) in [6.45, 7) is 3.43. The average molecular weight is 391 g/mol. The minimum absolute atomic E-state index is 0.0833. The molecule has 2 rings (SSSR count). The van der Waals surface area contributed by atoms with Gasteiger partial charge in [-0.3, -0.25) is 14.9 Å². The van der Waals surface area contributed by atoms with Gasteiger partial charge in [0.2, 0.25) is 0 Å². The van der Waals surface area contributed by atoms with Crippen LogP contribution in [0, 0.1) is 16.0 Å². The van der Waals surface area contributed by atoms with Gasteiger partial charge in [0.1, 0.15) is 12.6 Å². The first-order valence-electron chi connectivity index (χ1n) is 8.24. The molecule has 0 saturated heterocycles. The number of carbonyl (C=O) groups is 2. The van der Waals surface area contributed by atoms with Gasteiger partial charge in [-0.25, -0.2) is 4.79 Å². The lowest BCUT2D eigenvalue weighted by Crippen LogP contribution is -2.45. The molecule has 142 valence electrons. The lowest BCUT2D eigenvalue weighted by atomic mass is 10.0. The molecule has 7 nitrogen and oxygen atoms in total. The highest BCUT2D eigenvalue weighted by atomic mass is 35.5. The second-order valence-corrected chi connectivity index (χ2v) is 6.67. The van der Waals surface area contributed by atoms with Gasteiger partial charge in [-0.2, -0.15) is 0 Å². The van der Waals surface area contributed by atoms with Gasteiger partial charge >= 0.3 is 5.97 Å². The van der Waals surface area contributed by atoms with Crippen molar-refractivity contribution < 1.29 is 19.2 Å². The van der Waals surface area contributed by atoms with Crippen molar-refractivity contribution in [2.75, 3.05) is 0 Å². The molecule has 1 N–H and O–H groups in total. The van der Waals surface area contributed by atoms with Crippen molar-refractivity contribution in [3.8, 4) is 0 Å². The highest BCUT2D eigenvalue weighted by Gasteiger charge is 2.26. The molecule has 0 aliphatic rings. The van der Waals surface area contributed by atoms with Crippen LogP contribution in [0.5, 0.6) is 0 Å². The van der Waals surface area contributed by atoms with E-state index in [1.165, 1.54) is 18.2 Å². The predicted molar refractivity (Wildman–Crippen MR) is 100 cm³/mol. The van der Waals surface area contributed by atoms with Gasteiger partial charge in [-0.15, -0.1) is 0 Å². The van der Waals surface area contributed by atoms with Gasteiger partial charge in [0.15, 0.2) is 0 Å². The molecular weight excluding hydrogens is 372 g/mol. The smallest absolute Gasteiger partial charge is 0.329 e. The van der Waals surface area contributed by atoms with E-state index in [1.54, 1.807) is 44.2 Å². The number of amides is 1. The first kappa shape index (κ1) is 20.4. The molecule has 8 heteroatoms. The molecule has 27 heavy (non-hydrogen) atoms. The van der Waals surface area contributed by atoms with Crippen LogP contribution in [-0.2, 0) is 16.1 Å². The summed E-state index contributed by atoms with van der Waals surface area (Å²) in [4.78, 5) is 35.0. The fourth-order valence-electron chi connectivity index (χ4n) is 2.33. The standard InChI is InChI=1S/C19H19ClN2O5/c1-12(2)17(21-18(23)14-6-8-15(20)9-7-14)19(24)27-11-13-4-3-5-16(10-13)22(25)26/h3-10,12,17H,11H2,1-2H3,(H,21,23). The number of nitrogens with one attached hydrogen (secondary N) is 1. The first-order valence-corrected chi connectivity index (χ1v) is 8.62. The van der Waals surface area contributed by atoms with Crippen molar-refractivity contribution in [3.63, 3.8) is 0 Å². The number of rotatable bonds is 7. The maximum Gasteiger partial charge on any atom is 0.329 e. The van der Waals surface area contributed by atoms with Crippen LogP contribution in [-0.4, -0.2) is 22.8 Å². The van der Waals surface area contributed by atoms with Crippen molar-refractivity contribution in [3.05, 3.63) is 74.8 Å². The van der Waals surface area contributed by atoms with Crippen LogP contribution in [0.1, 0.15) is 29.8 Å². The Morgan fingerprint density at radius 2 is 1.85 bits per heavy atom. The summed E-state index contributed by atoms with van der Waals surface area (Å²) >= 11 is 5.81. The summed E-state index contributed by atoms with van der Waals surface area (Å²) < 4.78 is 5.24. The third-order valence-electron chi connectivity index (χ3n) is 3.82. The molecule has 1 unspecified atom stereocenters. The van der Waals surface area contributed by atoms with Crippen LogP contribution in [0.3, 0.4) is 0 Å². The fourth-order valence-corrected chi connectivity index (χ4v) is 2.45. The topological polar surface area (TPSA) is 98.5 Å². The minimum atomic E-state index is -0.855. The Morgan fingerprint density at radius 3 is 2.44 bits per heavy atom. The maximum absolute atomic E-state index is 12.4. The second-order valence-electron chi connectivity index (χ2n) is 6.24. The monoisotopic (exact) mass is 390 g/mol. The third kappa shape index (κ3) is 5.79. The van der Waals surface area contributed by atoms with Gasteiger partial charge in [0.25, 0.3) is 11.6 Å². The number of hydrogen-bond acceptors (Lipinski definition) is 5. The zero-order valence-corrected chi connectivity index (χ0v) is 15.6. The molecular formula is C19H19ClN2O5. The molecule has 2 aromatic carbocycles. The van der Waals surface area contributed by atoms with E-state index in [0.29, 0.717) is 16.1 Å². The van der Waals surface area contributed by atoms with E-state index < -0.39 is 22.8 Å². The Labute approximate surface area is 161 Å². The van der Waals surface area contributed by atoms with E-state index in [4.69, 9.17) is 16.3 Å². The molecule has 1 atom stereocenters. The highest BCUT2D eigenvalue weighted by Crippen LogP contribution is 2.15. The second kappa shape index (κ2) is 9.14. The van der Waals surface area contributed by atoms with Crippen LogP contribution in [0.15, 0.2) is 48.5 Å². The van der Waals surface area contributed by atoms with E-state index in [9.17, 15) is 19.7 Å². The van der Waals surface area contributed by atoms with Gasteiger partial charge in [-0.05, 0) is 35.7 Å². The Bertz CT molecular complexity index is 836. The first-order chi connectivity index (χ1) is 12.8. The van der Waals surface area contributed by atoms with Gasteiger partial charge in [0.05, 0.1) is 4.92 Å². The van der Waals surface area contributed by atoms with Crippen LogP contribution < -0.4 is 5.32 Å². The summed E-state index contributed by atoms with van der Waals surface area (Å²) in [6.07, 6.45) is 0. The molecule has 0 aliphatic carbocycles. The minimum Gasteiger partial charge on any atom is -0.459 e. The number of hydrogen-bond donors (Lipinski definition) is 1. The lowest BCUT2D eigenvalue weighted by Gasteiger charge is -2.21. The summed E-state index contributed by atoms with van der Waals surface area (Å²) in [6, 6.07) is 11.3. The summed E-state index contributed by atoms with van der Waals surface area (Å²) in [5.41, 5.74) is 0.778. The Balaban J connectivity index is 2.02. The van der Waals surface area contributed by atoms with Crippen LogP contribution >= 0.6 is 11.6 Å². The number of ether oxygens (including phenoxy) is 1. The zero-order valence-electron chi connectivity index (χ0n) is 14.8.